The summed E-state index contributed by atoms with van der Waals surface area (Å²) in [6.07, 6.45) is 5.90. The summed E-state index contributed by atoms with van der Waals surface area (Å²) in [6, 6.07) is 1.98. The lowest BCUT2D eigenvalue weighted by molar-refractivity contribution is 0.107. The number of hydrogen-bond acceptors (Lipinski definition) is 5. The quantitative estimate of drug-likeness (QED) is 0.747. The van der Waals surface area contributed by atoms with Crippen molar-refractivity contribution in [2.24, 2.45) is 5.73 Å². The Morgan fingerprint density at radius 3 is 3.19 bits per heavy atom. The summed E-state index contributed by atoms with van der Waals surface area (Å²) >= 11 is 0. The molecule has 2 rings (SSSR count). The molecule has 1 fully saturated rings. The zero-order chi connectivity index (χ0) is 11.2. The van der Waals surface area contributed by atoms with Crippen molar-refractivity contribution in [2.45, 2.75) is 25.0 Å². The minimum absolute atomic E-state index is 0.0900. The van der Waals surface area contributed by atoms with E-state index in [2.05, 4.69) is 15.3 Å². The van der Waals surface area contributed by atoms with Gasteiger partial charge in [0, 0.05) is 25.9 Å². The fraction of sp³-hybridized carbons (Fsp3) is 0.636. The summed E-state index contributed by atoms with van der Waals surface area (Å²) in [5.41, 5.74) is 6.67. The van der Waals surface area contributed by atoms with Gasteiger partial charge in [-0.25, -0.2) is 9.97 Å². The highest BCUT2D eigenvalue weighted by Gasteiger charge is 2.17. The molecule has 0 bridgehead atoms. The molecule has 2 unspecified atom stereocenters. The van der Waals surface area contributed by atoms with Gasteiger partial charge in [0.25, 0.3) is 0 Å². The van der Waals surface area contributed by atoms with E-state index in [9.17, 15) is 0 Å². The molecule has 2 atom stereocenters. The lowest BCUT2D eigenvalue weighted by atomic mass is 10.2. The highest BCUT2D eigenvalue weighted by atomic mass is 16.5. The van der Waals surface area contributed by atoms with Gasteiger partial charge in [-0.15, -0.1) is 0 Å². The molecule has 16 heavy (non-hydrogen) atoms. The Hall–Kier alpha value is -1.04. The largest absolute Gasteiger partial charge is 0.377 e. The summed E-state index contributed by atoms with van der Waals surface area (Å²) < 4.78 is 5.55. The Labute approximate surface area is 95.4 Å². The molecule has 1 aliphatic rings. The number of aromatic nitrogens is 2. The standard InChI is InChI=1S/C11H18N4O/c12-6-11(10-3-4-13-8-15-10)14-7-9-2-1-5-16-9/h3-4,8-9,11,14H,1-2,5-7,12H2. The van der Waals surface area contributed by atoms with Crippen LogP contribution in [0.1, 0.15) is 24.6 Å². The SMILES string of the molecule is NCC(NCC1CCCO1)c1ccncn1. The van der Waals surface area contributed by atoms with Crippen LogP contribution in [0.25, 0.3) is 0 Å². The second kappa shape index (κ2) is 5.89. The zero-order valence-electron chi connectivity index (χ0n) is 9.30. The Morgan fingerprint density at radius 2 is 2.56 bits per heavy atom. The molecule has 0 aliphatic carbocycles. The van der Waals surface area contributed by atoms with Crippen molar-refractivity contribution in [3.8, 4) is 0 Å². The van der Waals surface area contributed by atoms with Gasteiger partial charge < -0.3 is 15.8 Å². The van der Waals surface area contributed by atoms with Gasteiger partial charge in [-0.2, -0.15) is 0 Å². The maximum atomic E-state index is 5.73. The van der Waals surface area contributed by atoms with E-state index in [1.54, 1.807) is 12.5 Å². The number of nitrogens with zero attached hydrogens (tertiary/aromatic N) is 2. The molecule has 0 radical (unpaired) electrons. The molecule has 3 N–H and O–H groups in total. The molecule has 0 aromatic carbocycles. The Kier molecular flexibility index (Phi) is 4.21. The first kappa shape index (κ1) is 11.4. The predicted molar refractivity (Wildman–Crippen MR) is 60.8 cm³/mol. The highest BCUT2D eigenvalue weighted by Crippen LogP contribution is 2.13. The van der Waals surface area contributed by atoms with Crippen LogP contribution in [0.4, 0.5) is 0 Å². The minimum atomic E-state index is 0.0900. The third-order valence-electron chi connectivity index (χ3n) is 2.81. The molecule has 1 aliphatic heterocycles. The van der Waals surface area contributed by atoms with E-state index in [0.29, 0.717) is 12.6 Å². The molecule has 1 aromatic rings. The van der Waals surface area contributed by atoms with E-state index in [1.165, 1.54) is 0 Å². The van der Waals surface area contributed by atoms with Crippen molar-refractivity contribution >= 4 is 0 Å². The predicted octanol–water partition coefficient (Wildman–Crippen LogP) is 0.245. The second-order valence-corrected chi connectivity index (χ2v) is 3.97. The molecule has 2 heterocycles. The van der Waals surface area contributed by atoms with Gasteiger partial charge in [0.1, 0.15) is 6.33 Å². The topological polar surface area (TPSA) is 73.1 Å². The van der Waals surface area contributed by atoms with Crippen LogP contribution in [0.5, 0.6) is 0 Å². The van der Waals surface area contributed by atoms with Crippen molar-refractivity contribution < 1.29 is 4.74 Å². The molecule has 5 heteroatoms. The van der Waals surface area contributed by atoms with Gasteiger partial charge in [-0.05, 0) is 18.9 Å². The molecule has 88 valence electrons. The van der Waals surface area contributed by atoms with Gasteiger partial charge in [0.15, 0.2) is 0 Å². The number of rotatable bonds is 5. The van der Waals surface area contributed by atoms with Gasteiger partial charge in [-0.3, -0.25) is 0 Å². The van der Waals surface area contributed by atoms with Gasteiger partial charge in [0.2, 0.25) is 0 Å². The maximum absolute atomic E-state index is 5.73. The molecule has 0 spiro atoms. The molecule has 0 saturated carbocycles. The van der Waals surface area contributed by atoms with Crippen molar-refractivity contribution in [3.05, 3.63) is 24.3 Å². The average molecular weight is 222 g/mol. The number of hydrogen-bond donors (Lipinski definition) is 2. The van der Waals surface area contributed by atoms with Crippen molar-refractivity contribution in [1.82, 2.24) is 15.3 Å². The van der Waals surface area contributed by atoms with E-state index in [4.69, 9.17) is 10.5 Å². The van der Waals surface area contributed by atoms with Crippen molar-refractivity contribution in [2.75, 3.05) is 19.7 Å². The second-order valence-electron chi connectivity index (χ2n) is 3.97. The fourth-order valence-corrected chi connectivity index (χ4v) is 1.89. The van der Waals surface area contributed by atoms with E-state index < -0.39 is 0 Å². The van der Waals surface area contributed by atoms with Gasteiger partial charge in [0.05, 0.1) is 17.8 Å². The highest BCUT2D eigenvalue weighted by molar-refractivity contribution is 5.05. The van der Waals surface area contributed by atoms with Crippen LogP contribution >= 0.6 is 0 Å². The zero-order valence-corrected chi connectivity index (χ0v) is 9.30. The van der Waals surface area contributed by atoms with E-state index in [-0.39, 0.29) is 6.04 Å². The lowest BCUT2D eigenvalue weighted by Gasteiger charge is -2.18. The van der Waals surface area contributed by atoms with Crippen LogP contribution in [0.2, 0.25) is 0 Å². The van der Waals surface area contributed by atoms with Crippen LogP contribution < -0.4 is 11.1 Å². The maximum Gasteiger partial charge on any atom is 0.115 e. The smallest absolute Gasteiger partial charge is 0.115 e. The number of nitrogens with two attached hydrogens (primary N) is 1. The molecule has 1 saturated heterocycles. The minimum Gasteiger partial charge on any atom is -0.377 e. The lowest BCUT2D eigenvalue weighted by Crippen LogP contribution is -2.34. The summed E-state index contributed by atoms with van der Waals surface area (Å²) in [4.78, 5) is 8.10. The summed E-state index contributed by atoms with van der Waals surface area (Å²) in [5.74, 6) is 0. The average Bonchev–Trinajstić information content (AvgIpc) is 2.84. The van der Waals surface area contributed by atoms with E-state index in [1.807, 2.05) is 6.07 Å². The third kappa shape index (κ3) is 2.98. The monoisotopic (exact) mass is 222 g/mol. The first-order valence-electron chi connectivity index (χ1n) is 5.71. The number of ether oxygens (including phenoxy) is 1. The van der Waals surface area contributed by atoms with Crippen molar-refractivity contribution in [3.63, 3.8) is 0 Å². The van der Waals surface area contributed by atoms with Crippen LogP contribution in [0.15, 0.2) is 18.6 Å². The van der Waals surface area contributed by atoms with Crippen LogP contribution in [-0.4, -0.2) is 35.8 Å². The van der Waals surface area contributed by atoms with Crippen LogP contribution in [-0.2, 0) is 4.74 Å². The van der Waals surface area contributed by atoms with Gasteiger partial charge >= 0.3 is 0 Å². The van der Waals surface area contributed by atoms with Crippen molar-refractivity contribution in [1.29, 1.82) is 0 Å². The molecule has 0 amide bonds. The van der Waals surface area contributed by atoms with E-state index >= 15 is 0 Å². The summed E-state index contributed by atoms with van der Waals surface area (Å²) in [7, 11) is 0. The number of nitrogens with one attached hydrogen (secondary N) is 1. The third-order valence-corrected chi connectivity index (χ3v) is 2.81. The molecule has 5 nitrogen and oxygen atoms in total. The summed E-state index contributed by atoms with van der Waals surface area (Å²) in [6.45, 7) is 2.25. The molecule has 1 aromatic heterocycles. The Balaban J connectivity index is 1.85. The normalized spacial score (nSPS) is 22.2. The first-order valence-corrected chi connectivity index (χ1v) is 5.71. The Bertz CT molecular complexity index is 300. The van der Waals surface area contributed by atoms with Crippen LogP contribution in [0, 0.1) is 0 Å². The summed E-state index contributed by atoms with van der Waals surface area (Å²) in [5, 5.41) is 3.39. The van der Waals surface area contributed by atoms with E-state index in [0.717, 1.165) is 31.7 Å². The molecular weight excluding hydrogens is 204 g/mol. The fourth-order valence-electron chi connectivity index (χ4n) is 1.89. The molecular formula is C11H18N4O. The first-order chi connectivity index (χ1) is 7.90. The van der Waals surface area contributed by atoms with Gasteiger partial charge in [-0.1, -0.05) is 0 Å². The Morgan fingerprint density at radius 1 is 1.62 bits per heavy atom. The van der Waals surface area contributed by atoms with Crippen LogP contribution in [0.3, 0.4) is 0 Å².